The van der Waals surface area contributed by atoms with Crippen molar-refractivity contribution in [2.75, 3.05) is 28.4 Å². The van der Waals surface area contributed by atoms with E-state index in [-0.39, 0.29) is 11.1 Å². The first-order valence-corrected chi connectivity index (χ1v) is 25.0. The number of hydrogen-bond acceptors (Lipinski definition) is 13. The fraction of sp³-hybridized carbons (Fsp3) is 0.267. The molecular formula is C60H58N8O9. The van der Waals surface area contributed by atoms with Crippen LogP contribution in [0.1, 0.15) is 130 Å². The molecule has 392 valence electrons. The van der Waals surface area contributed by atoms with Gasteiger partial charge in [-0.25, -0.2) is 39.1 Å². The Kier molecular flexibility index (Phi) is 13.1. The van der Waals surface area contributed by atoms with Crippen molar-refractivity contribution in [2.24, 2.45) is 0 Å². The van der Waals surface area contributed by atoms with Crippen LogP contribution in [0.4, 0.5) is 0 Å². The minimum Gasteiger partial charge on any atom is -0.465 e. The zero-order chi connectivity index (χ0) is 55.0. The second-order valence-electron chi connectivity index (χ2n) is 19.7. The van der Waals surface area contributed by atoms with Gasteiger partial charge in [-0.05, 0) is 174 Å². The second kappa shape index (κ2) is 19.6. The number of H-pyrrole nitrogens is 4. The Morgan fingerprint density at radius 2 is 0.714 bits per heavy atom. The third kappa shape index (κ3) is 8.85. The molecule has 6 aromatic rings. The van der Waals surface area contributed by atoms with Crippen LogP contribution >= 0.6 is 0 Å². The number of ether oxygens (including phenoxy) is 5. The SMILES string of the molecule is COC(=O)C1=C(C)c2cc3nc(cc4[nH]c(cc4C)cc4[nH]c(cc1n2)c(C(=O)OC)c4C)C(C(C)OC(C)C1=C(C)c2cc4nc(cc5[nH]c(cc6cc(C)c(cc1n2)[nH]6)c(C)c5C(=O)OC)C(C(=O)OC)=C4C)=C3C. The zero-order valence-corrected chi connectivity index (χ0v) is 45.4. The summed E-state index contributed by atoms with van der Waals surface area (Å²) in [5.41, 5.74) is 18.5. The second-order valence-corrected chi connectivity index (χ2v) is 19.7. The van der Waals surface area contributed by atoms with Crippen molar-refractivity contribution in [3.05, 3.63) is 140 Å². The van der Waals surface area contributed by atoms with Gasteiger partial charge >= 0.3 is 23.9 Å². The average molecular weight is 1040 g/mol. The molecule has 2 atom stereocenters. The molecule has 10 heterocycles. The number of carbonyl (C=O) groups is 4. The van der Waals surface area contributed by atoms with Crippen molar-refractivity contribution >= 4 is 113 Å². The summed E-state index contributed by atoms with van der Waals surface area (Å²) in [4.78, 5) is 87.9. The normalized spacial score (nSPS) is 14.3. The van der Waals surface area contributed by atoms with Crippen molar-refractivity contribution in [3.8, 4) is 0 Å². The van der Waals surface area contributed by atoms with Crippen LogP contribution in [0.3, 0.4) is 0 Å². The summed E-state index contributed by atoms with van der Waals surface area (Å²) >= 11 is 0. The molecule has 0 fully saturated rings. The van der Waals surface area contributed by atoms with Gasteiger partial charge in [0.05, 0.1) is 120 Å². The molecule has 4 N–H and O–H groups in total. The maximum atomic E-state index is 13.5. The van der Waals surface area contributed by atoms with E-state index in [9.17, 15) is 19.2 Å². The summed E-state index contributed by atoms with van der Waals surface area (Å²) in [6.07, 6.45) is -1.08. The molecular weight excluding hydrogens is 977 g/mol. The van der Waals surface area contributed by atoms with E-state index in [0.717, 1.165) is 55.5 Å². The first-order chi connectivity index (χ1) is 36.7. The quantitative estimate of drug-likeness (QED) is 0.0822. The number of methoxy groups -OCH3 is 4. The van der Waals surface area contributed by atoms with E-state index in [1.807, 2.05) is 118 Å². The summed E-state index contributed by atoms with van der Waals surface area (Å²) < 4.78 is 28.1. The number of aromatic amines is 4. The van der Waals surface area contributed by atoms with E-state index >= 15 is 0 Å². The molecule has 0 radical (unpaired) electrons. The van der Waals surface area contributed by atoms with Gasteiger partial charge in [-0.2, -0.15) is 0 Å². The van der Waals surface area contributed by atoms with Gasteiger partial charge in [-0.1, -0.05) is 0 Å². The number of hydrogen-bond donors (Lipinski definition) is 4. The van der Waals surface area contributed by atoms with Gasteiger partial charge in [0.15, 0.2) is 0 Å². The highest BCUT2D eigenvalue weighted by Crippen LogP contribution is 2.41. The smallest absolute Gasteiger partial charge is 0.340 e. The number of fused-ring (bicyclic) bond motifs is 16. The van der Waals surface area contributed by atoms with Crippen LogP contribution in [-0.4, -0.2) is 104 Å². The largest absolute Gasteiger partial charge is 0.465 e. The molecule has 4 aliphatic heterocycles. The monoisotopic (exact) mass is 1030 g/mol. The summed E-state index contributed by atoms with van der Waals surface area (Å²) in [5, 5.41) is 0. The highest BCUT2D eigenvalue weighted by molar-refractivity contribution is 6.26. The van der Waals surface area contributed by atoms with Crippen molar-refractivity contribution in [1.29, 1.82) is 0 Å². The van der Waals surface area contributed by atoms with E-state index in [0.29, 0.717) is 101 Å². The van der Waals surface area contributed by atoms with Gasteiger partial charge < -0.3 is 43.6 Å². The molecule has 4 aliphatic rings. The Morgan fingerprint density at radius 3 is 1.08 bits per heavy atom. The van der Waals surface area contributed by atoms with E-state index in [4.69, 9.17) is 43.6 Å². The molecule has 2 unspecified atom stereocenters. The van der Waals surface area contributed by atoms with Crippen molar-refractivity contribution in [1.82, 2.24) is 39.9 Å². The van der Waals surface area contributed by atoms with Crippen LogP contribution in [0, 0.1) is 27.7 Å². The molecule has 17 nitrogen and oxygen atoms in total. The minimum atomic E-state index is -0.578. The Balaban J connectivity index is 1.14. The maximum Gasteiger partial charge on any atom is 0.340 e. The molecule has 0 aliphatic carbocycles. The highest BCUT2D eigenvalue weighted by atomic mass is 16.5. The molecule has 77 heavy (non-hydrogen) atoms. The van der Waals surface area contributed by atoms with E-state index < -0.39 is 36.1 Å². The molecule has 0 saturated carbocycles. The first kappa shape index (κ1) is 51.5. The van der Waals surface area contributed by atoms with E-state index in [2.05, 4.69) is 19.9 Å². The molecule has 0 amide bonds. The Labute approximate surface area is 443 Å². The van der Waals surface area contributed by atoms with Gasteiger partial charge in [0.1, 0.15) is 0 Å². The molecule has 0 spiro atoms. The van der Waals surface area contributed by atoms with Gasteiger partial charge in [0, 0.05) is 44.2 Å². The number of rotatable bonds is 8. The minimum absolute atomic E-state index is 0.253. The number of aryl methyl sites for hydroxylation is 4. The lowest BCUT2D eigenvalue weighted by molar-refractivity contribution is -0.134. The molecule has 6 aromatic heterocycles. The molecule has 0 saturated heterocycles. The van der Waals surface area contributed by atoms with Crippen LogP contribution < -0.4 is 0 Å². The topological polar surface area (TPSA) is 229 Å². The predicted molar refractivity (Wildman–Crippen MR) is 298 cm³/mol. The van der Waals surface area contributed by atoms with Gasteiger partial charge in [-0.15, -0.1) is 0 Å². The van der Waals surface area contributed by atoms with E-state index in [1.54, 1.807) is 12.1 Å². The summed E-state index contributed by atoms with van der Waals surface area (Å²) in [5.74, 6) is -2.23. The Morgan fingerprint density at radius 1 is 0.377 bits per heavy atom. The van der Waals surface area contributed by atoms with Gasteiger partial charge in [0.25, 0.3) is 0 Å². The maximum absolute atomic E-state index is 13.5. The molecule has 17 heteroatoms. The number of esters is 4. The fourth-order valence-corrected chi connectivity index (χ4v) is 10.9. The fourth-order valence-electron chi connectivity index (χ4n) is 10.9. The summed E-state index contributed by atoms with van der Waals surface area (Å²) in [6.45, 7) is 19.3. The lowest BCUT2D eigenvalue weighted by Gasteiger charge is -2.23. The Bertz CT molecular complexity index is 3850. The lowest BCUT2D eigenvalue weighted by Crippen LogP contribution is -2.20. The molecule has 0 aromatic carbocycles. The van der Waals surface area contributed by atoms with Crippen LogP contribution in [-0.2, 0) is 33.3 Å². The van der Waals surface area contributed by atoms with E-state index in [1.165, 1.54) is 28.4 Å². The standard InChI is InChI=1S/C60H58N8O9/c1-25-15-35-17-39-29(5)53(57(69)73-11)47(63-39)23-49-55(59(71)75-13)31(7)43(67-49)21-41-27(3)51(45(65-41)19-37(25)61-35)33(9)77-34(10)52-28(4)42-22-44-32(8)56(60(72)76-14)50(68-44)24-48-54(58(70)74-12)30(6)40(64-48)18-36-16-26(2)38(62-36)20-46(52)66-42/h15-24,33-34,61-64H,1-14H3. The third-order valence-electron chi connectivity index (χ3n) is 15.0. The van der Waals surface area contributed by atoms with Crippen LogP contribution in [0.2, 0.25) is 0 Å². The van der Waals surface area contributed by atoms with Crippen molar-refractivity contribution < 1.29 is 42.9 Å². The Hall–Kier alpha value is -8.96. The van der Waals surface area contributed by atoms with Crippen LogP contribution in [0.5, 0.6) is 0 Å². The number of aromatic nitrogens is 8. The predicted octanol–water partition coefficient (Wildman–Crippen LogP) is 11.3. The van der Waals surface area contributed by atoms with Crippen molar-refractivity contribution in [2.45, 2.75) is 81.4 Å². The summed E-state index contributed by atoms with van der Waals surface area (Å²) in [7, 11) is 5.30. The molecule has 16 bridgehead atoms. The zero-order valence-electron chi connectivity index (χ0n) is 45.4. The lowest BCUT2D eigenvalue weighted by atomic mass is 9.98. The number of nitrogens with zero attached hydrogens (tertiary/aromatic N) is 4. The van der Waals surface area contributed by atoms with Crippen LogP contribution in [0.15, 0.2) is 60.7 Å². The number of nitrogens with one attached hydrogen (secondary N) is 4. The van der Waals surface area contributed by atoms with Crippen LogP contribution in [0.25, 0.3) is 88.7 Å². The highest BCUT2D eigenvalue weighted by Gasteiger charge is 2.32. The number of carbonyl (C=O) groups excluding carboxylic acids is 4. The van der Waals surface area contributed by atoms with Gasteiger partial charge in [0.2, 0.25) is 0 Å². The number of allylic oxidation sites excluding steroid dienone is 4. The third-order valence-corrected chi connectivity index (χ3v) is 15.0. The first-order valence-electron chi connectivity index (χ1n) is 25.0. The summed E-state index contributed by atoms with van der Waals surface area (Å²) in [6, 6.07) is 19.0. The average Bonchev–Trinajstić information content (AvgIpc) is 4.36. The molecule has 10 rings (SSSR count). The van der Waals surface area contributed by atoms with Gasteiger partial charge in [-0.3, -0.25) is 0 Å². The van der Waals surface area contributed by atoms with Crippen molar-refractivity contribution in [3.63, 3.8) is 0 Å².